The van der Waals surface area contributed by atoms with Crippen LogP contribution < -0.4 is 15.8 Å². The minimum atomic E-state index is -0.854. The number of carbonyl (C=O) groups is 1. The summed E-state index contributed by atoms with van der Waals surface area (Å²) in [5.74, 6) is 0.108. The van der Waals surface area contributed by atoms with Gasteiger partial charge in [-0.05, 0) is 24.6 Å². The Morgan fingerprint density at radius 3 is 2.76 bits per heavy atom. The Labute approximate surface area is 127 Å². The molecule has 0 saturated carbocycles. The van der Waals surface area contributed by atoms with Crippen LogP contribution in [0.1, 0.15) is 18.1 Å². The molecule has 1 aromatic rings. The van der Waals surface area contributed by atoms with E-state index in [1.165, 1.54) is 13.0 Å². The van der Waals surface area contributed by atoms with E-state index in [2.05, 4.69) is 10.5 Å². The van der Waals surface area contributed by atoms with Gasteiger partial charge in [0.15, 0.2) is 5.84 Å². The Balaban J connectivity index is 2.74. The van der Waals surface area contributed by atoms with Crippen LogP contribution in [0.4, 0.5) is 0 Å². The molecule has 0 aliphatic rings. The third-order valence-electron chi connectivity index (χ3n) is 2.64. The minimum absolute atomic E-state index is 0.0240. The van der Waals surface area contributed by atoms with Crippen LogP contribution in [0.15, 0.2) is 17.3 Å². The highest BCUT2D eigenvalue weighted by Crippen LogP contribution is 2.30. The zero-order chi connectivity index (χ0) is 16.0. The van der Waals surface area contributed by atoms with Gasteiger partial charge < -0.3 is 26.1 Å². The van der Waals surface area contributed by atoms with Crippen molar-refractivity contribution in [2.45, 2.75) is 20.0 Å². The molecule has 0 saturated heterocycles. The summed E-state index contributed by atoms with van der Waals surface area (Å²) in [6.07, 6.45) is -0.854. The second-order valence-electron chi connectivity index (χ2n) is 4.49. The van der Waals surface area contributed by atoms with Gasteiger partial charge in [0, 0.05) is 19.0 Å². The summed E-state index contributed by atoms with van der Waals surface area (Å²) in [6, 6.07) is 3.15. The first kappa shape index (κ1) is 17.1. The molecule has 0 heterocycles. The fourth-order valence-corrected chi connectivity index (χ4v) is 1.94. The minimum Gasteiger partial charge on any atom is -0.489 e. The van der Waals surface area contributed by atoms with Gasteiger partial charge in [0.2, 0.25) is 5.91 Å². The molecule has 0 fully saturated rings. The fraction of sp³-hybridized carbons (Fsp3) is 0.385. The Morgan fingerprint density at radius 1 is 1.57 bits per heavy atom. The Bertz CT molecular complexity index is 525. The lowest BCUT2D eigenvalue weighted by Gasteiger charge is -2.16. The number of nitrogens with one attached hydrogen (secondary N) is 1. The second-order valence-corrected chi connectivity index (χ2v) is 4.90. The Hall–Kier alpha value is -1.99. The van der Waals surface area contributed by atoms with Crippen molar-refractivity contribution >= 4 is 23.3 Å². The largest absolute Gasteiger partial charge is 0.489 e. The summed E-state index contributed by atoms with van der Waals surface area (Å²) in [7, 11) is 0. The molecule has 1 aromatic carbocycles. The molecule has 1 amide bonds. The molecule has 21 heavy (non-hydrogen) atoms. The van der Waals surface area contributed by atoms with Crippen LogP contribution in [0.3, 0.4) is 0 Å². The molecule has 0 aliphatic heterocycles. The summed E-state index contributed by atoms with van der Waals surface area (Å²) >= 11 is 6.08. The van der Waals surface area contributed by atoms with E-state index < -0.39 is 6.10 Å². The normalized spacial score (nSPS) is 12.9. The molecule has 1 rings (SSSR count). The first-order chi connectivity index (χ1) is 9.85. The molecule has 0 aliphatic carbocycles. The highest BCUT2D eigenvalue weighted by atomic mass is 35.5. The van der Waals surface area contributed by atoms with Gasteiger partial charge in [-0.3, -0.25) is 4.79 Å². The number of nitrogens with two attached hydrogens (primary N) is 1. The number of rotatable bonds is 6. The number of ether oxygens (including phenoxy) is 1. The standard InChI is InChI=1S/C13H18ClN3O4/c1-7-3-9(13(15)17-20)4-11(14)12(7)21-6-10(19)5-16-8(2)18/h3-4,10,19-20H,5-6H2,1-2H3,(H2,15,17)(H,16,18). The molecular weight excluding hydrogens is 298 g/mol. The van der Waals surface area contributed by atoms with Gasteiger partial charge in [-0.15, -0.1) is 0 Å². The average Bonchev–Trinajstić information content (AvgIpc) is 2.43. The number of oxime groups is 1. The summed E-state index contributed by atoms with van der Waals surface area (Å²) < 4.78 is 5.45. The van der Waals surface area contributed by atoms with Crippen LogP contribution in [0.25, 0.3) is 0 Å². The topological polar surface area (TPSA) is 117 Å². The predicted molar refractivity (Wildman–Crippen MR) is 78.9 cm³/mol. The first-order valence-corrected chi connectivity index (χ1v) is 6.56. The number of carbonyl (C=O) groups excluding carboxylic acids is 1. The highest BCUT2D eigenvalue weighted by Gasteiger charge is 2.13. The summed E-state index contributed by atoms with van der Waals surface area (Å²) in [6.45, 7) is 3.17. The van der Waals surface area contributed by atoms with Gasteiger partial charge in [-0.2, -0.15) is 0 Å². The number of amides is 1. The van der Waals surface area contributed by atoms with Crippen molar-refractivity contribution in [2.24, 2.45) is 10.9 Å². The number of hydrogen-bond acceptors (Lipinski definition) is 5. The van der Waals surface area contributed by atoms with Crippen molar-refractivity contribution in [1.29, 1.82) is 0 Å². The van der Waals surface area contributed by atoms with Crippen LogP contribution in [-0.4, -0.2) is 41.3 Å². The third-order valence-corrected chi connectivity index (χ3v) is 2.92. The van der Waals surface area contributed by atoms with Crippen molar-refractivity contribution in [1.82, 2.24) is 5.32 Å². The molecule has 1 unspecified atom stereocenters. The maximum absolute atomic E-state index is 10.7. The van der Waals surface area contributed by atoms with E-state index in [0.717, 1.165) is 0 Å². The lowest BCUT2D eigenvalue weighted by Crippen LogP contribution is -2.34. The number of hydrogen-bond donors (Lipinski definition) is 4. The number of halogens is 1. The number of benzene rings is 1. The van der Waals surface area contributed by atoms with Gasteiger partial charge >= 0.3 is 0 Å². The van der Waals surface area contributed by atoms with E-state index in [0.29, 0.717) is 16.9 Å². The Kier molecular flexibility index (Phi) is 6.26. The zero-order valence-electron chi connectivity index (χ0n) is 11.8. The monoisotopic (exact) mass is 315 g/mol. The van der Waals surface area contributed by atoms with Gasteiger partial charge in [-0.25, -0.2) is 0 Å². The number of nitrogens with zero attached hydrogens (tertiary/aromatic N) is 1. The lowest BCUT2D eigenvalue weighted by atomic mass is 10.1. The van der Waals surface area contributed by atoms with Crippen LogP contribution in [0.2, 0.25) is 5.02 Å². The van der Waals surface area contributed by atoms with E-state index >= 15 is 0 Å². The van der Waals surface area contributed by atoms with Crippen molar-refractivity contribution in [3.63, 3.8) is 0 Å². The van der Waals surface area contributed by atoms with Crippen molar-refractivity contribution in [3.8, 4) is 5.75 Å². The molecule has 0 bridgehead atoms. The van der Waals surface area contributed by atoms with E-state index in [1.54, 1.807) is 13.0 Å². The first-order valence-electron chi connectivity index (χ1n) is 6.18. The van der Waals surface area contributed by atoms with Crippen LogP contribution in [-0.2, 0) is 4.79 Å². The molecule has 0 radical (unpaired) electrons. The smallest absolute Gasteiger partial charge is 0.216 e. The molecule has 1 atom stereocenters. The molecule has 5 N–H and O–H groups in total. The summed E-state index contributed by atoms with van der Waals surface area (Å²) in [5.41, 5.74) is 6.63. The van der Waals surface area contributed by atoms with Gasteiger partial charge in [0.1, 0.15) is 18.5 Å². The SMILES string of the molecule is CC(=O)NCC(O)COc1c(C)cc(C(N)=NO)cc1Cl. The number of aliphatic hydroxyl groups excluding tert-OH is 1. The Morgan fingerprint density at radius 2 is 2.24 bits per heavy atom. The average molecular weight is 316 g/mol. The van der Waals surface area contributed by atoms with Crippen molar-refractivity contribution < 1.29 is 19.8 Å². The van der Waals surface area contributed by atoms with E-state index in [4.69, 9.17) is 27.3 Å². The number of aryl methyl sites for hydroxylation is 1. The van der Waals surface area contributed by atoms with Crippen molar-refractivity contribution in [2.75, 3.05) is 13.2 Å². The highest BCUT2D eigenvalue weighted by molar-refractivity contribution is 6.32. The van der Waals surface area contributed by atoms with E-state index in [-0.39, 0.29) is 29.9 Å². The number of amidine groups is 1. The maximum Gasteiger partial charge on any atom is 0.216 e. The molecule has 7 nitrogen and oxygen atoms in total. The molecule has 0 spiro atoms. The molecule has 0 aromatic heterocycles. The van der Waals surface area contributed by atoms with Crippen LogP contribution in [0, 0.1) is 6.92 Å². The number of aliphatic hydroxyl groups is 1. The molecule has 116 valence electrons. The zero-order valence-corrected chi connectivity index (χ0v) is 12.5. The molecule has 8 heteroatoms. The lowest BCUT2D eigenvalue weighted by molar-refractivity contribution is -0.119. The maximum atomic E-state index is 10.7. The quantitative estimate of drug-likeness (QED) is 0.266. The summed E-state index contributed by atoms with van der Waals surface area (Å²) in [5, 5.41) is 24.0. The van der Waals surface area contributed by atoms with Gasteiger partial charge in [0.25, 0.3) is 0 Å². The third kappa shape index (κ3) is 5.13. The van der Waals surface area contributed by atoms with Crippen molar-refractivity contribution in [3.05, 3.63) is 28.3 Å². The second kappa shape index (κ2) is 7.70. The summed E-state index contributed by atoms with van der Waals surface area (Å²) in [4.78, 5) is 10.7. The van der Waals surface area contributed by atoms with Crippen LogP contribution >= 0.6 is 11.6 Å². The van der Waals surface area contributed by atoms with Gasteiger partial charge in [-0.1, -0.05) is 16.8 Å². The van der Waals surface area contributed by atoms with Gasteiger partial charge in [0.05, 0.1) is 5.02 Å². The van der Waals surface area contributed by atoms with E-state index in [9.17, 15) is 9.90 Å². The molecular formula is C13H18ClN3O4. The van der Waals surface area contributed by atoms with Crippen LogP contribution in [0.5, 0.6) is 5.75 Å². The fourth-order valence-electron chi connectivity index (χ4n) is 1.62. The van der Waals surface area contributed by atoms with E-state index in [1.807, 2.05) is 0 Å². The predicted octanol–water partition coefficient (Wildman–Crippen LogP) is 0.619.